The maximum Gasteiger partial charge on any atom is 0.317 e. The van der Waals surface area contributed by atoms with E-state index >= 15 is 0 Å². The fraction of sp³-hybridized carbons (Fsp3) is 0.714. The van der Waals surface area contributed by atoms with E-state index in [1.165, 1.54) is 0 Å². The van der Waals surface area contributed by atoms with Crippen molar-refractivity contribution in [3.8, 4) is 0 Å². The van der Waals surface area contributed by atoms with Gasteiger partial charge in [-0.1, -0.05) is 0 Å². The maximum atomic E-state index is 11.0. The quantitative estimate of drug-likeness (QED) is 0.438. The topological polar surface area (TPSA) is 87.5 Å². The van der Waals surface area contributed by atoms with Crippen molar-refractivity contribution in [1.82, 2.24) is 15.5 Å². The lowest BCUT2D eigenvalue weighted by molar-refractivity contribution is -0.117. The van der Waals surface area contributed by atoms with Crippen molar-refractivity contribution in [2.24, 2.45) is 5.73 Å². The molecule has 0 atom stereocenters. The number of carbonyl (C=O) groups excluding carboxylic acids is 2. The molecule has 1 aliphatic rings. The molecule has 3 amide bonds. The smallest absolute Gasteiger partial charge is 0.317 e. The minimum atomic E-state index is -0.383. The fourth-order valence-electron chi connectivity index (χ4n) is 1.15. The Balaban J connectivity index is 2.05. The molecule has 0 aromatic rings. The van der Waals surface area contributed by atoms with Gasteiger partial charge < -0.3 is 21.3 Å². The summed E-state index contributed by atoms with van der Waals surface area (Å²) in [6.45, 7) is 2.80. The number of primary amides is 1. The van der Waals surface area contributed by atoms with Crippen LogP contribution in [0.5, 0.6) is 0 Å². The van der Waals surface area contributed by atoms with Crippen LogP contribution in [0, 0.1) is 0 Å². The Labute approximate surface area is 76.4 Å². The molecule has 1 rings (SSSR count). The van der Waals surface area contributed by atoms with Crippen molar-refractivity contribution >= 4 is 11.9 Å². The Bertz CT molecular complexity index is 207. The molecular weight excluding hydrogens is 172 g/mol. The van der Waals surface area contributed by atoms with Crippen LogP contribution in [0.15, 0.2) is 0 Å². The van der Waals surface area contributed by atoms with E-state index in [1.54, 1.807) is 4.90 Å². The van der Waals surface area contributed by atoms with Gasteiger partial charge in [0, 0.05) is 26.2 Å². The Kier molecular flexibility index (Phi) is 3.51. The minimum Gasteiger partial charge on any atom is -0.369 e. The van der Waals surface area contributed by atoms with Crippen LogP contribution in [-0.4, -0.2) is 49.6 Å². The molecular formula is C7H14N4O2. The SMILES string of the molecule is NC(=O)CNCCN1CCNC1=O. The predicted octanol–water partition coefficient (Wildman–Crippen LogP) is -1.91. The van der Waals surface area contributed by atoms with Gasteiger partial charge >= 0.3 is 6.03 Å². The molecule has 0 spiro atoms. The highest BCUT2D eigenvalue weighted by atomic mass is 16.2. The van der Waals surface area contributed by atoms with Crippen LogP contribution in [0.25, 0.3) is 0 Å². The van der Waals surface area contributed by atoms with E-state index in [2.05, 4.69) is 10.6 Å². The number of hydrogen-bond acceptors (Lipinski definition) is 3. The van der Waals surface area contributed by atoms with E-state index in [9.17, 15) is 9.59 Å². The van der Waals surface area contributed by atoms with Gasteiger partial charge in [-0.2, -0.15) is 0 Å². The third-order valence-corrected chi connectivity index (χ3v) is 1.80. The molecule has 0 aromatic carbocycles. The van der Waals surface area contributed by atoms with Crippen molar-refractivity contribution < 1.29 is 9.59 Å². The average Bonchev–Trinajstić information content (AvgIpc) is 2.45. The number of nitrogens with one attached hydrogen (secondary N) is 2. The van der Waals surface area contributed by atoms with Crippen LogP contribution in [0.3, 0.4) is 0 Å². The summed E-state index contributed by atoms with van der Waals surface area (Å²) < 4.78 is 0. The molecule has 0 radical (unpaired) electrons. The lowest BCUT2D eigenvalue weighted by Gasteiger charge is -2.13. The van der Waals surface area contributed by atoms with E-state index in [-0.39, 0.29) is 18.5 Å². The van der Waals surface area contributed by atoms with Gasteiger partial charge in [-0.15, -0.1) is 0 Å². The van der Waals surface area contributed by atoms with E-state index in [4.69, 9.17) is 5.73 Å². The Morgan fingerprint density at radius 1 is 1.69 bits per heavy atom. The molecule has 0 unspecified atom stereocenters. The molecule has 0 aliphatic carbocycles. The Morgan fingerprint density at radius 2 is 2.46 bits per heavy atom. The van der Waals surface area contributed by atoms with E-state index in [0.29, 0.717) is 19.6 Å². The molecule has 6 heteroatoms. The molecule has 6 nitrogen and oxygen atoms in total. The molecule has 0 saturated carbocycles. The standard InChI is InChI=1S/C7H14N4O2/c8-6(12)5-9-1-3-11-4-2-10-7(11)13/h9H,1-5H2,(H2,8,12)(H,10,13). The normalized spacial score (nSPS) is 16.0. The van der Waals surface area contributed by atoms with Crippen molar-refractivity contribution in [2.45, 2.75) is 0 Å². The molecule has 74 valence electrons. The van der Waals surface area contributed by atoms with Crippen molar-refractivity contribution in [2.75, 3.05) is 32.7 Å². The largest absolute Gasteiger partial charge is 0.369 e. The van der Waals surface area contributed by atoms with Crippen LogP contribution in [-0.2, 0) is 4.79 Å². The average molecular weight is 186 g/mol. The first-order chi connectivity index (χ1) is 6.20. The fourth-order valence-corrected chi connectivity index (χ4v) is 1.15. The number of carbonyl (C=O) groups is 2. The second-order valence-corrected chi connectivity index (χ2v) is 2.86. The summed E-state index contributed by atoms with van der Waals surface area (Å²) in [4.78, 5) is 23.0. The summed E-state index contributed by atoms with van der Waals surface area (Å²) in [6, 6.07) is -0.0409. The molecule has 13 heavy (non-hydrogen) atoms. The van der Waals surface area contributed by atoms with Crippen molar-refractivity contribution in [3.05, 3.63) is 0 Å². The second-order valence-electron chi connectivity index (χ2n) is 2.86. The van der Waals surface area contributed by atoms with Crippen LogP contribution in [0.4, 0.5) is 4.79 Å². The molecule has 0 bridgehead atoms. The van der Waals surface area contributed by atoms with Crippen LogP contribution in [0.1, 0.15) is 0 Å². The number of amides is 3. The monoisotopic (exact) mass is 186 g/mol. The molecule has 1 fully saturated rings. The highest BCUT2D eigenvalue weighted by Crippen LogP contribution is 1.93. The molecule has 1 aliphatic heterocycles. The van der Waals surface area contributed by atoms with Crippen LogP contribution >= 0.6 is 0 Å². The summed E-state index contributed by atoms with van der Waals surface area (Å²) in [7, 11) is 0. The van der Waals surface area contributed by atoms with E-state index in [1.807, 2.05) is 0 Å². The summed E-state index contributed by atoms with van der Waals surface area (Å²) in [5.74, 6) is -0.383. The van der Waals surface area contributed by atoms with Gasteiger partial charge in [0.25, 0.3) is 0 Å². The van der Waals surface area contributed by atoms with Gasteiger partial charge in [-0.05, 0) is 0 Å². The highest BCUT2D eigenvalue weighted by Gasteiger charge is 2.17. The van der Waals surface area contributed by atoms with Gasteiger partial charge in [-0.25, -0.2) is 4.79 Å². The van der Waals surface area contributed by atoms with Gasteiger partial charge in [-0.3, -0.25) is 4.79 Å². The molecule has 4 N–H and O–H groups in total. The molecule has 0 aromatic heterocycles. The summed E-state index contributed by atoms with van der Waals surface area (Å²) >= 11 is 0. The zero-order valence-corrected chi connectivity index (χ0v) is 7.38. The third-order valence-electron chi connectivity index (χ3n) is 1.80. The molecule has 1 heterocycles. The summed E-state index contributed by atoms with van der Waals surface area (Å²) in [6.07, 6.45) is 0. The lowest BCUT2D eigenvalue weighted by Crippen LogP contribution is -2.37. The zero-order chi connectivity index (χ0) is 9.68. The van der Waals surface area contributed by atoms with Crippen molar-refractivity contribution in [3.63, 3.8) is 0 Å². The number of urea groups is 1. The minimum absolute atomic E-state index is 0.0409. The first-order valence-electron chi connectivity index (χ1n) is 4.22. The lowest BCUT2D eigenvalue weighted by atomic mass is 10.5. The first kappa shape index (κ1) is 9.79. The van der Waals surface area contributed by atoms with Crippen LogP contribution in [0.2, 0.25) is 0 Å². The summed E-state index contributed by atoms with van der Waals surface area (Å²) in [5, 5.41) is 5.52. The highest BCUT2D eigenvalue weighted by molar-refractivity contribution is 5.76. The van der Waals surface area contributed by atoms with Gasteiger partial charge in [0.15, 0.2) is 0 Å². The van der Waals surface area contributed by atoms with E-state index < -0.39 is 0 Å². The van der Waals surface area contributed by atoms with Crippen molar-refractivity contribution in [1.29, 1.82) is 0 Å². The summed E-state index contributed by atoms with van der Waals surface area (Å²) in [5.41, 5.74) is 4.92. The van der Waals surface area contributed by atoms with E-state index in [0.717, 1.165) is 6.54 Å². The predicted molar refractivity (Wildman–Crippen MR) is 47.0 cm³/mol. The van der Waals surface area contributed by atoms with Gasteiger partial charge in [0.05, 0.1) is 6.54 Å². The zero-order valence-electron chi connectivity index (χ0n) is 7.38. The molecule has 1 saturated heterocycles. The number of rotatable bonds is 5. The first-order valence-corrected chi connectivity index (χ1v) is 4.22. The van der Waals surface area contributed by atoms with Gasteiger partial charge in [0.1, 0.15) is 0 Å². The maximum absolute atomic E-state index is 11.0. The second kappa shape index (κ2) is 4.66. The van der Waals surface area contributed by atoms with Gasteiger partial charge in [0.2, 0.25) is 5.91 Å². The number of hydrogen-bond donors (Lipinski definition) is 3. The Hall–Kier alpha value is -1.30. The number of nitrogens with zero attached hydrogens (tertiary/aromatic N) is 1. The third kappa shape index (κ3) is 3.29. The Morgan fingerprint density at radius 3 is 3.00 bits per heavy atom. The number of nitrogens with two attached hydrogens (primary N) is 1. The van der Waals surface area contributed by atoms with Crippen LogP contribution < -0.4 is 16.4 Å².